The summed E-state index contributed by atoms with van der Waals surface area (Å²) in [5, 5.41) is 0. The molecule has 1 aliphatic heterocycles. The van der Waals surface area contributed by atoms with Crippen molar-refractivity contribution in [1.82, 2.24) is 5.43 Å². The largest absolute Gasteiger partial charge is 0.271 e. The molecule has 0 amide bonds. The molecule has 2 atom stereocenters. The fourth-order valence-electron chi connectivity index (χ4n) is 2.20. The van der Waals surface area contributed by atoms with Crippen molar-refractivity contribution >= 4 is 11.8 Å². The molecule has 0 aliphatic carbocycles. The summed E-state index contributed by atoms with van der Waals surface area (Å²) in [6.45, 7) is 1.55. The standard InChI is InChI=1S/C12H16F2N2S/c1-7-2-3-9(11(14)10(7)13)12(16-15)8-4-5-17-6-8/h2-3,8,12,16H,4-6,15H2,1H3. The molecular weight excluding hydrogens is 242 g/mol. The van der Waals surface area contributed by atoms with Crippen LogP contribution < -0.4 is 11.3 Å². The summed E-state index contributed by atoms with van der Waals surface area (Å²) in [6, 6.07) is 2.92. The Morgan fingerprint density at radius 2 is 2.18 bits per heavy atom. The van der Waals surface area contributed by atoms with Gasteiger partial charge in [0.1, 0.15) is 0 Å². The molecule has 0 spiro atoms. The first-order valence-electron chi connectivity index (χ1n) is 5.63. The number of thioether (sulfide) groups is 1. The van der Waals surface area contributed by atoms with Crippen molar-refractivity contribution in [2.24, 2.45) is 11.8 Å². The quantitative estimate of drug-likeness (QED) is 0.646. The van der Waals surface area contributed by atoms with Crippen molar-refractivity contribution in [3.8, 4) is 0 Å². The Morgan fingerprint density at radius 1 is 1.41 bits per heavy atom. The van der Waals surface area contributed by atoms with Gasteiger partial charge in [0.15, 0.2) is 11.6 Å². The number of nitrogens with two attached hydrogens (primary N) is 1. The highest BCUT2D eigenvalue weighted by molar-refractivity contribution is 7.99. The van der Waals surface area contributed by atoms with Gasteiger partial charge in [-0.1, -0.05) is 12.1 Å². The molecule has 2 unspecified atom stereocenters. The zero-order valence-corrected chi connectivity index (χ0v) is 10.5. The Morgan fingerprint density at radius 3 is 2.76 bits per heavy atom. The second kappa shape index (κ2) is 5.33. The minimum atomic E-state index is -0.773. The number of hydrazine groups is 1. The molecule has 1 heterocycles. The first kappa shape index (κ1) is 12.8. The van der Waals surface area contributed by atoms with Gasteiger partial charge in [0, 0.05) is 5.56 Å². The lowest BCUT2D eigenvalue weighted by atomic mass is 9.92. The molecule has 5 heteroatoms. The van der Waals surface area contributed by atoms with Gasteiger partial charge in [-0.2, -0.15) is 11.8 Å². The lowest BCUT2D eigenvalue weighted by molar-refractivity contribution is 0.377. The van der Waals surface area contributed by atoms with Crippen LogP contribution in [-0.4, -0.2) is 11.5 Å². The van der Waals surface area contributed by atoms with Gasteiger partial charge in [0.2, 0.25) is 0 Å². The SMILES string of the molecule is Cc1ccc(C(NN)C2CCSC2)c(F)c1F. The van der Waals surface area contributed by atoms with Gasteiger partial charge in [-0.05, 0) is 36.3 Å². The summed E-state index contributed by atoms with van der Waals surface area (Å²) in [5.41, 5.74) is 3.29. The summed E-state index contributed by atoms with van der Waals surface area (Å²) in [6.07, 6.45) is 0.981. The number of rotatable bonds is 3. The van der Waals surface area contributed by atoms with E-state index in [1.54, 1.807) is 19.1 Å². The third kappa shape index (κ3) is 2.46. The van der Waals surface area contributed by atoms with Crippen LogP contribution in [0.4, 0.5) is 8.78 Å². The molecular formula is C12H16F2N2S. The minimum Gasteiger partial charge on any atom is -0.271 e. The van der Waals surface area contributed by atoms with Gasteiger partial charge in [0.05, 0.1) is 6.04 Å². The third-order valence-corrected chi connectivity index (χ3v) is 4.44. The number of nitrogens with one attached hydrogen (secondary N) is 1. The van der Waals surface area contributed by atoms with Crippen molar-refractivity contribution in [3.63, 3.8) is 0 Å². The maximum absolute atomic E-state index is 13.9. The van der Waals surface area contributed by atoms with Crippen molar-refractivity contribution < 1.29 is 8.78 Å². The van der Waals surface area contributed by atoms with Gasteiger partial charge in [-0.25, -0.2) is 8.78 Å². The number of hydrogen-bond donors (Lipinski definition) is 2. The van der Waals surface area contributed by atoms with Crippen LogP contribution in [0.3, 0.4) is 0 Å². The van der Waals surface area contributed by atoms with E-state index >= 15 is 0 Å². The fourth-order valence-corrected chi connectivity index (χ4v) is 3.49. The number of hydrogen-bond acceptors (Lipinski definition) is 3. The molecule has 1 aromatic rings. The third-order valence-electron chi connectivity index (χ3n) is 3.26. The van der Waals surface area contributed by atoms with Crippen LogP contribution in [-0.2, 0) is 0 Å². The highest BCUT2D eigenvalue weighted by Crippen LogP contribution is 2.35. The first-order valence-corrected chi connectivity index (χ1v) is 6.79. The topological polar surface area (TPSA) is 38.0 Å². The van der Waals surface area contributed by atoms with Gasteiger partial charge in [-0.15, -0.1) is 0 Å². The lowest BCUT2D eigenvalue weighted by Gasteiger charge is -2.23. The summed E-state index contributed by atoms with van der Waals surface area (Å²) >= 11 is 1.82. The van der Waals surface area contributed by atoms with Crippen LogP contribution in [0.25, 0.3) is 0 Å². The monoisotopic (exact) mass is 258 g/mol. The zero-order valence-electron chi connectivity index (χ0n) is 9.67. The van der Waals surface area contributed by atoms with E-state index in [9.17, 15) is 8.78 Å². The fraction of sp³-hybridized carbons (Fsp3) is 0.500. The van der Waals surface area contributed by atoms with E-state index in [0.29, 0.717) is 11.1 Å². The smallest absolute Gasteiger partial charge is 0.163 e. The van der Waals surface area contributed by atoms with E-state index < -0.39 is 11.6 Å². The van der Waals surface area contributed by atoms with Crippen LogP contribution in [0.5, 0.6) is 0 Å². The Hall–Kier alpha value is -0.650. The van der Waals surface area contributed by atoms with E-state index in [4.69, 9.17) is 5.84 Å². The Kier molecular flexibility index (Phi) is 4.01. The highest BCUT2D eigenvalue weighted by Gasteiger charge is 2.29. The lowest BCUT2D eigenvalue weighted by Crippen LogP contribution is -2.34. The van der Waals surface area contributed by atoms with E-state index in [1.807, 2.05) is 11.8 Å². The highest BCUT2D eigenvalue weighted by atomic mass is 32.2. The summed E-state index contributed by atoms with van der Waals surface area (Å²) in [5.74, 6) is 6.20. The van der Waals surface area contributed by atoms with E-state index in [1.165, 1.54) is 0 Å². The van der Waals surface area contributed by atoms with Gasteiger partial charge < -0.3 is 0 Å². The maximum atomic E-state index is 13.9. The second-order valence-electron chi connectivity index (χ2n) is 4.37. The Labute approximate surface area is 104 Å². The molecule has 0 radical (unpaired) electrons. The van der Waals surface area contributed by atoms with E-state index in [-0.39, 0.29) is 12.0 Å². The van der Waals surface area contributed by atoms with Crippen LogP contribution >= 0.6 is 11.8 Å². The van der Waals surface area contributed by atoms with Crippen LogP contribution in [0.2, 0.25) is 0 Å². The maximum Gasteiger partial charge on any atom is 0.163 e. The first-order chi connectivity index (χ1) is 8.15. The summed E-state index contributed by atoms with van der Waals surface area (Å²) < 4.78 is 27.4. The number of benzene rings is 1. The normalized spacial score (nSPS) is 21.8. The Balaban J connectivity index is 2.33. The molecule has 1 saturated heterocycles. The average Bonchev–Trinajstić information content (AvgIpc) is 2.84. The average molecular weight is 258 g/mol. The van der Waals surface area contributed by atoms with Crippen molar-refractivity contribution in [1.29, 1.82) is 0 Å². The number of halogens is 2. The van der Waals surface area contributed by atoms with Crippen molar-refractivity contribution in [3.05, 3.63) is 34.9 Å². The number of aryl methyl sites for hydroxylation is 1. The van der Waals surface area contributed by atoms with Crippen LogP contribution in [0, 0.1) is 24.5 Å². The predicted molar refractivity (Wildman–Crippen MR) is 66.6 cm³/mol. The van der Waals surface area contributed by atoms with Gasteiger partial charge in [-0.3, -0.25) is 11.3 Å². The summed E-state index contributed by atoms with van der Waals surface area (Å²) in [7, 11) is 0. The molecule has 1 aromatic carbocycles. The van der Waals surface area contributed by atoms with E-state index in [0.717, 1.165) is 17.9 Å². The second-order valence-corrected chi connectivity index (χ2v) is 5.52. The molecule has 17 heavy (non-hydrogen) atoms. The Bertz CT molecular complexity index is 406. The van der Waals surface area contributed by atoms with Crippen molar-refractivity contribution in [2.45, 2.75) is 19.4 Å². The molecule has 94 valence electrons. The molecule has 1 aliphatic rings. The van der Waals surface area contributed by atoms with Gasteiger partial charge in [0.25, 0.3) is 0 Å². The van der Waals surface area contributed by atoms with E-state index in [2.05, 4.69) is 5.43 Å². The predicted octanol–water partition coefficient (Wildman–Crippen LogP) is 2.53. The van der Waals surface area contributed by atoms with Crippen LogP contribution in [0.1, 0.15) is 23.6 Å². The molecule has 0 bridgehead atoms. The molecule has 0 aromatic heterocycles. The molecule has 1 fully saturated rings. The molecule has 2 nitrogen and oxygen atoms in total. The van der Waals surface area contributed by atoms with Crippen molar-refractivity contribution in [2.75, 3.05) is 11.5 Å². The summed E-state index contributed by atoms with van der Waals surface area (Å²) in [4.78, 5) is 0. The minimum absolute atomic E-state index is 0.265. The van der Waals surface area contributed by atoms with Gasteiger partial charge >= 0.3 is 0 Å². The van der Waals surface area contributed by atoms with Crippen LogP contribution in [0.15, 0.2) is 12.1 Å². The molecule has 2 rings (SSSR count). The molecule has 0 saturated carbocycles. The molecule has 3 N–H and O–H groups in total. The zero-order chi connectivity index (χ0) is 12.4.